The number of halogens is 2. The lowest BCUT2D eigenvalue weighted by molar-refractivity contribution is -0.384. The number of rotatable bonds is 4. The summed E-state index contributed by atoms with van der Waals surface area (Å²) >= 11 is 9.24. The molecule has 0 aliphatic heterocycles. The average molecular weight is 373 g/mol. The van der Waals surface area contributed by atoms with Crippen molar-refractivity contribution in [1.29, 1.82) is 0 Å². The number of anilines is 2. The Bertz CT molecular complexity index is 738. The van der Waals surface area contributed by atoms with Crippen LogP contribution >= 0.6 is 27.5 Å². The average Bonchev–Trinajstić information content (AvgIpc) is 2.41. The number of aromatic carboxylic acids is 1. The second-order valence-corrected chi connectivity index (χ2v) is 5.20. The van der Waals surface area contributed by atoms with Gasteiger partial charge in [-0.15, -0.1) is 0 Å². The van der Waals surface area contributed by atoms with Gasteiger partial charge in [0.2, 0.25) is 5.82 Å². The van der Waals surface area contributed by atoms with Crippen LogP contribution in [0, 0.1) is 10.1 Å². The topological polar surface area (TPSA) is 105 Å². The van der Waals surface area contributed by atoms with Crippen molar-refractivity contribution in [3.05, 3.63) is 55.6 Å². The lowest BCUT2D eigenvalue weighted by atomic mass is 10.3. The quantitative estimate of drug-likeness (QED) is 0.624. The van der Waals surface area contributed by atoms with Gasteiger partial charge in [-0.1, -0.05) is 27.5 Å². The van der Waals surface area contributed by atoms with E-state index in [1.165, 1.54) is 0 Å². The van der Waals surface area contributed by atoms with E-state index < -0.39 is 10.9 Å². The van der Waals surface area contributed by atoms with Crippen LogP contribution in [-0.2, 0) is 0 Å². The van der Waals surface area contributed by atoms with Crippen LogP contribution in [-0.4, -0.2) is 21.0 Å². The highest BCUT2D eigenvalue weighted by Crippen LogP contribution is 2.31. The zero-order chi connectivity index (χ0) is 15.6. The summed E-state index contributed by atoms with van der Waals surface area (Å²) in [4.78, 5) is 24.9. The zero-order valence-electron chi connectivity index (χ0n) is 10.2. The fourth-order valence-electron chi connectivity index (χ4n) is 1.53. The van der Waals surface area contributed by atoms with Gasteiger partial charge in [0.25, 0.3) is 0 Å². The van der Waals surface area contributed by atoms with Crippen molar-refractivity contribution in [2.75, 3.05) is 5.32 Å². The fourth-order valence-corrected chi connectivity index (χ4v) is 2.25. The minimum Gasteiger partial charge on any atom is -0.477 e. The van der Waals surface area contributed by atoms with E-state index in [0.717, 1.165) is 16.6 Å². The molecular weight excluding hydrogens is 366 g/mol. The van der Waals surface area contributed by atoms with Gasteiger partial charge in [0.05, 0.1) is 15.6 Å². The van der Waals surface area contributed by atoms with Gasteiger partial charge in [-0.25, -0.2) is 9.78 Å². The van der Waals surface area contributed by atoms with E-state index in [4.69, 9.17) is 16.7 Å². The van der Waals surface area contributed by atoms with Gasteiger partial charge in [-0.05, 0) is 24.3 Å². The molecule has 0 bridgehead atoms. The summed E-state index contributed by atoms with van der Waals surface area (Å²) in [7, 11) is 0. The molecule has 0 radical (unpaired) electrons. The molecule has 0 saturated heterocycles. The Morgan fingerprint density at radius 1 is 1.38 bits per heavy atom. The number of carbonyl (C=O) groups is 1. The molecule has 0 amide bonds. The van der Waals surface area contributed by atoms with Crippen LogP contribution in [0.3, 0.4) is 0 Å². The van der Waals surface area contributed by atoms with E-state index in [2.05, 4.69) is 26.2 Å². The molecule has 0 fully saturated rings. The number of aromatic nitrogens is 1. The van der Waals surface area contributed by atoms with E-state index >= 15 is 0 Å². The predicted octanol–water partition coefficient (Wildman–Crippen LogP) is 3.85. The minimum absolute atomic E-state index is 0.191. The fraction of sp³-hybridized carbons (Fsp3) is 0. The third-order valence-corrected chi connectivity index (χ3v) is 3.28. The van der Waals surface area contributed by atoms with Gasteiger partial charge in [0, 0.05) is 10.5 Å². The summed E-state index contributed by atoms with van der Waals surface area (Å²) in [5.74, 6) is -1.47. The van der Waals surface area contributed by atoms with Crippen molar-refractivity contribution < 1.29 is 14.8 Å². The van der Waals surface area contributed by atoms with Gasteiger partial charge in [-0.3, -0.25) is 10.1 Å². The number of hydrogen-bond acceptors (Lipinski definition) is 5. The maximum Gasteiger partial charge on any atom is 0.354 e. The number of nitrogens with one attached hydrogen (secondary N) is 1. The van der Waals surface area contributed by atoms with Crippen LogP contribution in [0.5, 0.6) is 0 Å². The van der Waals surface area contributed by atoms with Crippen LogP contribution in [0.15, 0.2) is 34.8 Å². The van der Waals surface area contributed by atoms with E-state index in [0.29, 0.717) is 10.7 Å². The van der Waals surface area contributed by atoms with Crippen molar-refractivity contribution >= 4 is 50.7 Å². The first-order valence-corrected chi connectivity index (χ1v) is 6.66. The molecule has 0 unspecified atom stereocenters. The normalized spacial score (nSPS) is 10.2. The van der Waals surface area contributed by atoms with E-state index in [1.807, 2.05) is 0 Å². The van der Waals surface area contributed by atoms with Gasteiger partial charge in [0.1, 0.15) is 0 Å². The molecule has 2 aromatic rings. The second-order valence-electron chi connectivity index (χ2n) is 3.88. The second kappa shape index (κ2) is 6.06. The molecule has 2 rings (SSSR count). The summed E-state index contributed by atoms with van der Waals surface area (Å²) in [5, 5.41) is 22.9. The largest absolute Gasteiger partial charge is 0.477 e. The Morgan fingerprint density at radius 2 is 2.10 bits per heavy atom. The number of pyridine rings is 1. The Labute approximate surface area is 131 Å². The predicted molar refractivity (Wildman–Crippen MR) is 80.3 cm³/mol. The van der Waals surface area contributed by atoms with Gasteiger partial charge in [-0.2, -0.15) is 0 Å². The molecule has 0 saturated carbocycles. The maximum absolute atomic E-state index is 11.0. The number of nitro groups is 1. The summed E-state index contributed by atoms with van der Waals surface area (Å²) in [6.07, 6.45) is 0. The molecule has 0 aliphatic carbocycles. The maximum atomic E-state index is 11.0. The summed E-state index contributed by atoms with van der Waals surface area (Å²) < 4.78 is 0.736. The molecule has 1 heterocycles. The van der Waals surface area contributed by atoms with Crippen molar-refractivity contribution in [2.24, 2.45) is 0 Å². The Balaban J connectivity index is 2.48. The number of hydrogen-bond donors (Lipinski definition) is 2. The first kappa shape index (κ1) is 15.2. The number of carboxylic acids is 1. The van der Waals surface area contributed by atoms with Crippen LogP contribution in [0.4, 0.5) is 17.2 Å². The van der Waals surface area contributed by atoms with Crippen molar-refractivity contribution in [2.45, 2.75) is 0 Å². The van der Waals surface area contributed by atoms with Gasteiger partial charge < -0.3 is 10.4 Å². The van der Waals surface area contributed by atoms with Crippen LogP contribution in [0.25, 0.3) is 0 Å². The first-order chi connectivity index (χ1) is 9.88. The molecule has 108 valence electrons. The van der Waals surface area contributed by atoms with Crippen LogP contribution in [0.1, 0.15) is 10.5 Å². The first-order valence-electron chi connectivity index (χ1n) is 5.49. The van der Waals surface area contributed by atoms with E-state index in [1.54, 1.807) is 18.2 Å². The van der Waals surface area contributed by atoms with Crippen molar-refractivity contribution in [3.63, 3.8) is 0 Å². The lowest BCUT2D eigenvalue weighted by Gasteiger charge is -2.09. The van der Waals surface area contributed by atoms with E-state index in [9.17, 15) is 14.9 Å². The molecule has 21 heavy (non-hydrogen) atoms. The van der Waals surface area contributed by atoms with Crippen molar-refractivity contribution in [1.82, 2.24) is 4.98 Å². The molecule has 2 N–H and O–H groups in total. The smallest absolute Gasteiger partial charge is 0.354 e. The molecule has 0 spiro atoms. The number of nitrogens with zero attached hydrogens (tertiary/aromatic N) is 2. The Kier molecular flexibility index (Phi) is 4.39. The summed E-state index contributed by atoms with van der Waals surface area (Å²) in [5.41, 5.74) is -0.284. The lowest BCUT2D eigenvalue weighted by Crippen LogP contribution is -2.06. The highest BCUT2D eigenvalue weighted by molar-refractivity contribution is 9.10. The standard InChI is InChI=1S/C12H7BrClN3O4/c13-6-1-2-8(7(14)5-6)15-11-10(17(20)21)4-3-9(16-11)12(18)19/h1-5H,(H,15,16)(H,18,19). The Morgan fingerprint density at radius 3 is 2.67 bits per heavy atom. The minimum atomic E-state index is -1.28. The molecule has 9 heteroatoms. The van der Waals surface area contributed by atoms with Crippen molar-refractivity contribution in [3.8, 4) is 0 Å². The third kappa shape index (κ3) is 3.47. The zero-order valence-corrected chi connectivity index (χ0v) is 12.6. The molecular formula is C12H7BrClN3O4. The highest BCUT2D eigenvalue weighted by atomic mass is 79.9. The monoisotopic (exact) mass is 371 g/mol. The molecule has 1 aromatic carbocycles. The van der Waals surface area contributed by atoms with Crippen LogP contribution < -0.4 is 5.32 Å². The molecule has 1 aromatic heterocycles. The highest BCUT2D eigenvalue weighted by Gasteiger charge is 2.19. The molecule has 7 nitrogen and oxygen atoms in total. The molecule has 0 atom stereocenters. The third-order valence-electron chi connectivity index (χ3n) is 2.47. The number of benzene rings is 1. The van der Waals surface area contributed by atoms with Gasteiger partial charge in [0.15, 0.2) is 5.69 Å². The number of carboxylic acid groups (broad SMARTS) is 1. The van der Waals surface area contributed by atoms with Gasteiger partial charge >= 0.3 is 11.7 Å². The Hall–Kier alpha value is -2.19. The molecule has 0 aliphatic rings. The van der Waals surface area contributed by atoms with E-state index in [-0.39, 0.29) is 17.2 Å². The van der Waals surface area contributed by atoms with Crippen LogP contribution in [0.2, 0.25) is 5.02 Å². The summed E-state index contributed by atoms with van der Waals surface area (Å²) in [6, 6.07) is 7.00. The summed E-state index contributed by atoms with van der Waals surface area (Å²) in [6.45, 7) is 0. The SMILES string of the molecule is O=C(O)c1ccc([N+](=O)[O-])c(Nc2ccc(Br)cc2Cl)n1.